The first-order valence-corrected chi connectivity index (χ1v) is 9.59. The van der Waals surface area contributed by atoms with E-state index in [2.05, 4.69) is 25.7 Å². The quantitative estimate of drug-likeness (QED) is 0.645. The summed E-state index contributed by atoms with van der Waals surface area (Å²) in [6, 6.07) is 16.6. The number of morpholine rings is 1. The molecule has 0 saturated carbocycles. The van der Waals surface area contributed by atoms with Crippen LogP contribution in [-0.2, 0) is 16.0 Å². The third-order valence-electron chi connectivity index (χ3n) is 4.57. The molecule has 0 radical (unpaired) electrons. The minimum atomic E-state index is -0.551. The number of hydrogen-bond donors (Lipinski definition) is 2. The van der Waals surface area contributed by atoms with E-state index < -0.39 is 5.91 Å². The predicted molar refractivity (Wildman–Crippen MR) is 111 cm³/mol. The number of carbonyl (C=O) groups is 2. The molecule has 4 rings (SSSR count). The fourth-order valence-corrected chi connectivity index (χ4v) is 3.07. The number of hydrogen-bond acceptors (Lipinski definition) is 7. The lowest BCUT2D eigenvalue weighted by molar-refractivity contribution is -0.115. The second-order valence-corrected chi connectivity index (χ2v) is 6.72. The SMILES string of the molecule is O=C(Cc1ccccc1)Nc1nnc(C(=O)Nc2ccc(N3CCOCC3)cc2)o1. The fraction of sp³-hybridized carbons (Fsp3) is 0.238. The van der Waals surface area contributed by atoms with E-state index in [1.54, 1.807) is 0 Å². The van der Waals surface area contributed by atoms with Crippen molar-refractivity contribution in [2.75, 3.05) is 41.8 Å². The molecule has 9 nitrogen and oxygen atoms in total. The Morgan fingerprint density at radius 2 is 1.67 bits per heavy atom. The van der Waals surface area contributed by atoms with Gasteiger partial charge >= 0.3 is 17.8 Å². The van der Waals surface area contributed by atoms with Gasteiger partial charge in [-0.05, 0) is 29.8 Å². The van der Waals surface area contributed by atoms with Crippen LogP contribution in [-0.4, -0.2) is 48.3 Å². The lowest BCUT2D eigenvalue weighted by atomic mass is 10.1. The molecule has 1 saturated heterocycles. The van der Waals surface area contributed by atoms with Gasteiger partial charge in [-0.15, -0.1) is 5.10 Å². The molecule has 2 aromatic carbocycles. The summed E-state index contributed by atoms with van der Waals surface area (Å²) in [7, 11) is 0. The van der Waals surface area contributed by atoms with E-state index in [1.807, 2.05) is 54.6 Å². The van der Waals surface area contributed by atoms with Crippen molar-refractivity contribution in [3.05, 3.63) is 66.1 Å². The molecule has 0 spiro atoms. The van der Waals surface area contributed by atoms with Crippen molar-refractivity contribution in [2.24, 2.45) is 0 Å². The second kappa shape index (κ2) is 9.19. The van der Waals surface area contributed by atoms with Crippen LogP contribution in [0.25, 0.3) is 0 Å². The summed E-state index contributed by atoms with van der Waals surface area (Å²) < 4.78 is 10.6. The molecule has 2 N–H and O–H groups in total. The predicted octanol–water partition coefficient (Wildman–Crippen LogP) is 2.34. The molecule has 1 aliphatic heterocycles. The van der Waals surface area contributed by atoms with E-state index >= 15 is 0 Å². The Hall–Kier alpha value is -3.72. The normalized spacial score (nSPS) is 13.7. The third kappa shape index (κ3) is 5.00. The van der Waals surface area contributed by atoms with Crippen LogP contribution in [0.2, 0.25) is 0 Å². The highest BCUT2D eigenvalue weighted by molar-refractivity contribution is 6.01. The van der Waals surface area contributed by atoms with E-state index in [-0.39, 0.29) is 24.2 Å². The number of benzene rings is 2. The summed E-state index contributed by atoms with van der Waals surface area (Å²) in [4.78, 5) is 26.6. The molecule has 0 bridgehead atoms. The first kappa shape index (κ1) is 19.6. The molecule has 0 unspecified atom stereocenters. The number of nitrogens with zero attached hydrogens (tertiary/aromatic N) is 3. The zero-order valence-corrected chi connectivity index (χ0v) is 16.2. The summed E-state index contributed by atoms with van der Waals surface area (Å²) in [5.41, 5.74) is 2.52. The maximum absolute atomic E-state index is 12.3. The average Bonchev–Trinajstić information content (AvgIpc) is 3.24. The Labute approximate surface area is 173 Å². The largest absolute Gasteiger partial charge is 0.399 e. The van der Waals surface area contributed by atoms with Crippen molar-refractivity contribution in [3.8, 4) is 0 Å². The van der Waals surface area contributed by atoms with Gasteiger partial charge in [0.2, 0.25) is 5.91 Å². The molecule has 1 aliphatic rings. The molecule has 2 heterocycles. The zero-order chi connectivity index (χ0) is 20.8. The Balaban J connectivity index is 1.32. The minimum absolute atomic E-state index is 0.122. The number of amides is 2. The smallest absolute Gasteiger partial charge is 0.322 e. The standard InChI is InChI=1S/C21H21N5O4/c27-18(14-15-4-2-1-3-5-15)23-21-25-24-20(30-21)19(28)22-16-6-8-17(9-7-16)26-10-12-29-13-11-26/h1-9H,10-14H2,(H,22,28)(H,23,25,27). The van der Waals surface area contributed by atoms with E-state index in [0.29, 0.717) is 18.9 Å². The lowest BCUT2D eigenvalue weighted by Crippen LogP contribution is -2.36. The molecule has 154 valence electrons. The van der Waals surface area contributed by atoms with E-state index in [9.17, 15) is 9.59 Å². The van der Waals surface area contributed by atoms with Gasteiger partial charge in [0, 0.05) is 24.5 Å². The number of rotatable bonds is 6. The van der Waals surface area contributed by atoms with Gasteiger partial charge in [0.05, 0.1) is 19.6 Å². The second-order valence-electron chi connectivity index (χ2n) is 6.72. The van der Waals surface area contributed by atoms with Gasteiger partial charge in [-0.25, -0.2) is 0 Å². The molecule has 2 amide bonds. The van der Waals surface area contributed by atoms with Crippen LogP contribution < -0.4 is 15.5 Å². The van der Waals surface area contributed by atoms with E-state index in [4.69, 9.17) is 9.15 Å². The van der Waals surface area contributed by atoms with Crippen molar-refractivity contribution < 1.29 is 18.7 Å². The third-order valence-corrected chi connectivity index (χ3v) is 4.57. The molecular formula is C21H21N5O4. The first-order valence-electron chi connectivity index (χ1n) is 9.59. The van der Waals surface area contributed by atoms with Crippen LogP contribution in [0, 0.1) is 0 Å². The van der Waals surface area contributed by atoms with Crippen LogP contribution in [0.4, 0.5) is 17.4 Å². The van der Waals surface area contributed by atoms with Crippen molar-refractivity contribution in [3.63, 3.8) is 0 Å². The number of anilines is 3. The van der Waals surface area contributed by atoms with Gasteiger partial charge in [-0.2, -0.15) is 0 Å². The Morgan fingerprint density at radius 3 is 2.40 bits per heavy atom. The highest BCUT2D eigenvalue weighted by atomic mass is 16.5. The van der Waals surface area contributed by atoms with Crippen molar-refractivity contribution >= 4 is 29.2 Å². The number of nitrogens with one attached hydrogen (secondary N) is 2. The maximum atomic E-state index is 12.3. The average molecular weight is 407 g/mol. The highest BCUT2D eigenvalue weighted by Crippen LogP contribution is 2.19. The van der Waals surface area contributed by atoms with Gasteiger partial charge in [-0.3, -0.25) is 14.9 Å². The minimum Gasteiger partial charge on any atom is -0.399 e. The summed E-state index contributed by atoms with van der Waals surface area (Å²) >= 11 is 0. The molecule has 30 heavy (non-hydrogen) atoms. The van der Waals surface area contributed by atoms with Gasteiger partial charge < -0.3 is 19.4 Å². The molecule has 0 aliphatic carbocycles. The number of aromatic nitrogens is 2. The summed E-state index contributed by atoms with van der Waals surface area (Å²) in [6.07, 6.45) is 0.167. The van der Waals surface area contributed by atoms with E-state index in [0.717, 1.165) is 24.3 Å². The van der Waals surface area contributed by atoms with E-state index in [1.165, 1.54) is 0 Å². The van der Waals surface area contributed by atoms with Crippen molar-refractivity contribution in [1.29, 1.82) is 0 Å². The van der Waals surface area contributed by atoms with Crippen LogP contribution in [0.15, 0.2) is 59.0 Å². The number of ether oxygens (including phenoxy) is 1. The Bertz CT molecular complexity index is 998. The van der Waals surface area contributed by atoms with Crippen LogP contribution in [0.3, 0.4) is 0 Å². The molecule has 9 heteroatoms. The Morgan fingerprint density at radius 1 is 0.933 bits per heavy atom. The maximum Gasteiger partial charge on any atom is 0.322 e. The highest BCUT2D eigenvalue weighted by Gasteiger charge is 2.17. The molecule has 1 fully saturated rings. The fourth-order valence-electron chi connectivity index (χ4n) is 3.07. The van der Waals surface area contributed by atoms with Crippen LogP contribution in [0.5, 0.6) is 0 Å². The zero-order valence-electron chi connectivity index (χ0n) is 16.2. The summed E-state index contributed by atoms with van der Waals surface area (Å²) in [5.74, 6) is -1.09. The van der Waals surface area contributed by atoms with Gasteiger partial charge in [0.1, 0.15) is 0 Å². The Kier molecular flexibility index (Phi) is 6.00. The molecule has 0 atom stereocenters. The monoisotopic (exact) mass is 407 g/mol. The first-order chi connectivity index (χ1) is 14.7. The summed E-state index contributed by atoms with van der Waals surface area (Å²) in [6.45, 7) is 3.10. The molecule has 3 aromatic rings. The van der Waals surface area contributed by atoms with Gasteiger partial charge in [0.15, 0.2) is 0 Å². The topological polar surface area (TPSA) is 110 Å². The summed E-state index contributed by atoms with van der Waals surface area (Å²) in [5, 5.41) is 12.6. The van der Waals surface area contributed by atoms with Crippen LogP contribution in [0.1, 0.15) is 16.2 Å². The number of carbonyl (C=O) groups excluding carboxylic acids is 2. The molecule has 1 aromatic heterocycles. The lowest BCUT2D eigenvalue weighted by Gasteiger charge is -2.28. The van der Waals surface area contributed by atoms with Gasteiger partial charge in [0.25, 0.3) is 0 Å². The molecular weight excluding hydrogens is 386 g/mol. The van der Waals surface area contributed by atoms with Gasteiger partial charge in [-0.1, -0.05) is 35.4 Å². The van der Waals surface area contributed by atoms with Crippen molar-refractivity contribution in [2.45, 2.75) is 6.42 Å². The van der Waals surface area contributed by atoms with Crippen molar-refractivity contribution in [1.82, 2.24) is 10.2 Å². The van der Waals surface area contributed by atoms with Crippen LogP contribution >= 0.6 is 0 Å².